The molecule has 110 valence electrons. The minimum atomic E-state index is -2.52. The molecular formula is C16H22F2N2. The van der Waals surface area contributed by atoms with Crippen LogP contribution in [0.25, 0.3) is 0 Å². The summed E-state index contributed by atoms with van der Waals surface area (Å²) in [5.74, 6) is 3.70. The highest BCUT2D eigenvalue weighted by Gasteiger charge is 2.42. The van der Waals surface area contributed by atoms with Gasteiger partial charge in [-0.2, -0.15) is 0 Å². The normalized spacial score (nSPS) is 27.2. The Hall–Kier alpha value is -1.00. The second-order valence-corrected chi connectivity index (χ2v) is 6.30. The Balaban J connectivity index is 1.78. The molecule has 3 rings (SSSR count). The van der Waals surface area contributed by atoms with E-state index < -0.39 is 5.92 Å². The molecule has 0 saturated heterocycles. The molecule has 2 nitrogen and oxygen atoms in total. The molecule has 0 radical (unpaired) electrons. The fourth-order valence-corrected chi connectivity index (χ4v) is 3.52. The van der Waals surface area contributed by atoms with Crippen LogP contribution in [0.5, 0.6) is 0 Å². The number of rotatable bonds is 4. The average molecular weight is 280 g/mol. The lowest BCUT2D eigenvalue weighted by Crippen LogP contribution is -2.33. The van der Waals surface area contributed by atoms with Gasteiger partial charge in [-0.1, -0.05) is 30.7 Å². The highest BCUT2D eigenvalue weighted by Crippen LogP contribution is 2.45. The molecule has 1 aromatic carbocycles. The third kappa shape index (κ3) is 2.72. The van der Waals surface area contributed by atoms with Gasteiger partial charge < -0.3 is 0 Å². The lowest BCUT2D eigenvalue weighted by atomic mass is 9.79. The average Bonchev–Trinajstić information content (AvgIpc) is 2.69. The lowest BCUT2D eigenvalue weighted by molar-refractivity contribution is 0.00327. The first-order chi connectivity index (χ1) is 9.59. The predicted octanol–water partition coefficient (Wildman–Crippen LogP) is 3.89. The first-order valence-corrected chi connectivity index (χ1v) is 7.53. The van der Waals surface area contributed by atoms with E-state index in [4.69, 9.17) is 5.84 Å². The van der Waals surface area contributed by atoms with Crippen LogP contribution < -0.4 is 11.3 Å². The summed E-state index contributed by atoms with van der Waals surface area (Å²) in [6.07, 6.45) is 4.24. The van der Waals surface area contributed by atoms with Gasteiger partial charge in [-0.3, -0.25) is 11.3 Å². The van der Waals surface area contributed by atoms with Crippen LogP contribution in [0, 0.1) is 5.92 Å². The monoisotopic (exact) mass is 280 g/mol. The van der Waals surface area contributed by atoms with Crippen molar-refractivity contribution in [2.24, 2.45) is 11.8 Å². The summed E-state index contributed by atoms with van der Waals surface area (Å²) in [6, 6.07) is 8.17. The fourth-order valence-electron chi connectivity index (χ4n) is 3.52. The maximum atomic E-state index is 13.4. The van der Waals surface area contributed by atoms with Crippen molar-refractivity contribution in [3.05, 3.63) is 35.4 Å². The number of alkyl halides is 2. The molecule has 0 aromatic heterocycles. The van der Waals surface area contributed by atoms with E-state index in [1.807, 2.05) is 12.1 Å². The van der Waals surface area contributed by atoms with Crippen molar-refractivity contribution < 1.29 is 8.78 Å². The molecule has 2 fully saturated rings. The molecule has 0 bridgehead atoms. The molecule has 2 aliphatic carbocycles. The van der Waals surface area contributed by atoms with Gasteiger partial charge in [0, 0.05) is 18.9 Å². The van der Waals surface area contributed by atoms with E-state index in [9.17, 15) is 8.78 Å². The first-order valence-electron chi connectivity index (χ1n) is 7.53. The zero-order valence-corrected chi connectivity index (χ0v) is 11.6. The topological polar surface area (TPSA) is 38.0 Å². The minimum absolute atomic E-state index is 0.0157. The van der Waals surface area contributed by atoms with E-state index in [1.54, 1.807) is 0 Å². The van der Waals surface area contributed by atoms with Crippen LogP contribution in [0.1, 0.15) is 61.6 Å². The van der Waals surface area contributed by atoms with Crippen LogP contribution in [0.2, 0.25) is 0 Å². The molecule has 4 heteroatoms. The summed E-state index contributed by atoms with van der Waals surface area (Å²) in [7, 11) is 0. The van der Waals surface area contributed by atoms with Crippen molar-refractivity contribution in [2.45, 2.75) is 56.4 Å². The second-order valence-electron chi connectivity index (χ2n) is 6.30. The SMILES string of the molecule is NNC(c1cccc(C2CCC2)c1)C1CCC(F)(F)C1. The molecule has 2 aliphatic rings. The van der Waals surface area contributed by atoms with Gasteiger partial charge in [0.2, 0.25) is 5.92 Å². The summed E-state index contributed by atoms with van der Waals surface area (Å²) in [5.41, 5.74) is 5.15. The van der Waals surface area contributed by atoms with Crippen molar-refractivity contribution >= 4 is 0 Å². The summed E-state index contributed by atoms with van der Waals surface area (Å²) >= 11 is 0. The van der Waals surface area contributed by atoms with Gasteiger partial charge in [0.25, 0.3) is 0 Å². The first kappa shape index (κ1) is 14.0. The zero-order valence-electron chi connectivity index (χ0n) is 11.6. The van der Waals surface area contributed by atoms with Crippen LogP contribution in [-0.4, -0.2) is 5.92 Å². The van der Waals surface area contributed by atoms with Gasteiger partial charge in [0.15, 0.2) is 0 Å². The molecule has 0 spiro atoms. The van der Waals surface area contributed by atoms with Crippen molar-refractivity contribution in [1.29, 1.82) is 0 Å². The Labute approximate surface area is 118 Å². The van der Waals surface area contributed by atoms with Gasteiger partial charge in [0.1, 0.15) is 0 Å². The van der Waals surface area contributed by atoms with Crippen LogP contribution in [0.3, 0.4) is 0 Å². The molecule has 2 atom stereocenters. The Morgan fingerprint density at radius 2 is 2.05 bits per heavy atom. The summed E-state index contributed by atoms with van der Waals surface area (Å²) < 4.78 is 26.8. The third-order valence-corrected chi connectivity index (χ3v) is 4.94. The number of nitrogens with two attached hydrogens (primary N) is 1. The molecular weight excluding hydrogens is 258 g/mol. The lowest BCUT2D eigenvalue weighted by Gasteiger charge is -2.28. The molecule has 20 heavy (non-hydrogen) atoms. The zero-order chi connectivity index (χ0) is 14.2. The molecule has 0 aliphatic heterocycles. The highest BCUT2D eigenvalue weighted by atomic mass is 19.3. The van der Waals surface area contributed by atoms with Gasteiger partial charge in [-0.05, 0) is 42.2 Å². The van der Waals surface area contributed by atoms with Crippen molar-refractivity contribution in [1.82, 2.24) is 5.43 Å². The molecule has 2 saturated carbocycles. The van der Waals surface area contributed by atoms with Gasteiger partial charge in [-0.25, -0.2) is 8.78 Å². The maximum absolute atomic E-state index is 13.4. The van der Waals surface area contributed by atoms with Crippen molar-refractivity contribution in [3.63, 3.8) is 0 Å². The third-order valence-electron chi connectivity index (χ3n) is 4.94. The van der Waals surface area contributed by atoms with Crippen molar-refractivity contribution in [2.75, 3.05) is 0 Å². The predicted molar refractivity (Wildman–Crippen MR) is 75.4 cm³/mol. The smallest absolute Gasteiger partial charge is 0.248 e. The number of halogens is 2. The van der Waals surface area contributed by atoms with Gasteiger partial charge >= 0.3 is 0 Å². The molecule has 0 amide bonds. The van der Waals surface area contributed by atoms with Crippen LogP contribution in [0.15, 0.2) is 24.3 Å². The number of hydrazine groups is 1. The summed E-state index contributed by atoms with van der Waals surface area (Å²) in [4.78, 5) is 0. The van der Waals surface area contributed by atoms with E-state index >= 15 is 0 Å². The largest absolute Gasteiger partial charge is 0.271 e. The Kier molecular flexibility index (Phi) is 3.78. The maximum Gasteiger partial charge on any atom is 0.248 e. The number of hydrogen-bond donors (Lipinski definition) is 2. The van der Waals surface area contributed by atoms with E-state index in [2.05, 4.69) is 17.6 Å². The molecule has 1 aromatic rings. The summed E-state index contributed by atoms with van der Waals surface area (Å²) in [5, 5.41) is 0. The fraction of sp³-hybridized carbons (Fsp3) is 0.625. The van der Waals surface area contributed by atoms with E-state index in [-0.39, 0.29) is 24.8 Å². The molecule has 2 unspecified atom stereocenters. The standard InChI is InChI=1S/C16H22F2N2/c17-16(18)8-7-14(10-16)15(20-19)13-6-2-5-12(9-13)11-3-1-4-11/h2,5-6,9,11,14-15,20H,1,3-4,7-8,10,19H2. The van der Waals surface area contributed by atoms with E-state index in [0.29, 0.717) is 12.3 Å². The number of hydrogen-bond acceptors (Lipinski definition) is 2. The molecule has 0 heterocycles. The Morgan fingerprint density at radius 1 is 1.25 bits per heavy atom. The van der Waals surface area contributed by atoms with E-state index in [0.717, 1.165) is 5.56 Å². The van der Waals surface area contributed by atoms with Crippen LogP contribution >= 0.6 is 0 Å². The number of benzene rings is 1. The van der Waals surface area contributed by atoms with Crippen LogP contribution in [0.4, 0.5) is 8.78 Å². The van der Waals surface area contributed by atoms with Crippen molar-refractivity contribution in [3.8, 4) is 0 Å². The van der Waals surface area contributed by atoms with E-state index in [1.165, 1.54) is 24.8 Å². The minimum Gasteiger partial charge on any atom is -0.271 e. The summed E-state index contributed by atoms with van der Waals surface area (Å²) in [6.45, 7) is 0. The van der Waals surface area contributed by atoms with Gasteiger partial charge in [-0.15, -0.1) is 0 Å². The Morgan fingerprint density at radius 3 is 2.60 bits per heavy atom. The second kappa shape index (κ2) is 5.41. The van der Waals surface area contributed by atoms with Crippen LogP contribution in [-0.2, 0) is 0 Å². The molecule has 3 N–H and O–H groups in total. The Bertz CT molecular complexity index is 471. The van der Waals surface area contributed by atoms with Gasteiger partial charge in [0.05, 0.1) is 0 Å². The highest BCUT2D eigenvalue weighted by molar-refractivity contribution is 5.30. The number of nitrogens with one attached hydrogen (secondary N) is 1. The quantitative estimate of drug-likeness (QED) is 0.648.